The first-order valence-electron chi connectivity index (χ1n) is 17.0. The van der Waals surface area contributed by atoms with E-state index in [1.807, 2.05) is 48.5 Å². The zero-order chi connectivity index (χ0) is 33.0. The molecule has 0 radical (unpaired) electrons. The molecule has 0 unspecified atom stereocenters. The number of furan rings is 1. The van der Waals surface area contributed by atoms with Crippen molar-refractivity contribution in [1.29, 1.82) is 0 Å². The van der Waals surface area contributed by atoms with Gasteiger partial charge in [0.2, 0.25) is 0 Å². The van der Waals surface area contributed by atoms with Gasteiger partial charge in [-0.05, 0) is 66.4 Å². The number of nitrogens with zero attached hydrogens (tertiary/aromatic N) is 4. The van der Waals surface area contributed by atoms with Crippen LogP contribution in [0.15, 0.2) is 162 Å². The molecule has 50 heavy (non-hydrogen) atoms. The Labute approximate surface area is 288 Å². The Balaban J connectivity index is 1.14. The van der Waals surface area contributed by atoms with E-state index >= 15 is 0 Å². The van der Waals surface area contributed by atoms with Gasteiger partial charge in [0.05, 0.1) is 11.0 Å². The summed E-state index contributed by atoms with van der Waals surface area (Å²) in [4.78, 5) is 15.3. The Morgan fingerprint density at radius 2 is 1.10 bits per heavy atom. The fraction of sp³-hybridized carbons (Fsp3) is 0.0444. The molecule has 5 nitrogen and oxygen atoms in total. The standard InChI is InChI=1S/C45H30N4O/c1-3-12-29(13-4-1)31-22-24-36-35-18-7-9-20-39(35)49(40(36)28-31)34-17-11-16-32(26-34)44-46-43(30-14-5-2-6-15-30)47-45(48-44)33-23-25-42-38(27-33)37-19-8-10-21-41(37)50-42/h1-10,12-16,18-28H,11,17H2. The van der Waals surface area contributed by atoms with Gasteiger partial charge in [-0.3, -0.25) is 0 Å². The minimum Gasteiger partial charge on any atom is -0.456 e. The van der Waals surface area contributed by atoms with E-state index < -0.39 is 0 Å². The molecular weight excluding hydrogens is 613 g/mol. The van der Waals surface area contributed by atoms with Gasteiger partial charge in [0.15, 0.2) is 17.5 Å². The third-order valence-corrected chi connectivity index (χ3v) is 9.72. The second-order valence-electron chi connectivity index (χ2n) is 12.8. The number of aromatic nitrogens is 4. The lowest BCUT2D eigenvalue weighted by molar-refractivity contribution is 0.669. The lowest BCUT2D eigenvalue weighted by Crippen LogP contribution is -2.06. The van der Waals surface area contributed by atoms with Crippen LogP contribution in [0.5, 0.6) is 0 Å². The number of fused-ring (bicyclic) bond motifs is 6. The molecule has 0 fully saturated rings. The maximum absolute atomic E-state index is 6.12. The lowest BCUT2D eigenvalue weighted by Gasteiger charge is -2.18. The Kier molecular flexibility index (Phi) is 6.56. The highest BCUT2D eigenvalue weighted by Gasteiger charge is 2.20. The molecule has 3 aromatic heterocycles. The van der Waals surface area contributed by atoms with Crippen LogP contribution < -0.4 is 0 Å². The van der Waals surface area contributed by atoms with Gasteiger partial charge in [-0.2, -0.15) is 0 Å². The number of para-hydroxylation sites is 2. The van der Waals surface area contributed by atoms with Crippen molar-refractivity contribution < 1.29 is 4.42 Å². The summed E-state index contributed by atoms with van der Waals surface area (Å²) in [6.07, 6.45) is 6.31. The Morgan fingerprint density at radius 1 is 0.460 bits per heavy atom. The molecule has 3 heterocycles. The summed E-state index contributed by atoms with van der Waals surface area (Å²) >= 11 is 0. The molecule has 1 aliphatic carbocycles. The summed E-state index contributed by atoms with van der Waals surface area (Å²) in [6.45, 7) is 0. The highest BCUT2D eigenvalue weighted by molar-refractivity contribution is 6.11. The Bertz CT molecular complexity index is 2810. The van der Waals surface area contributed by atoms with Crippen molar-refractivity contribution in [2.75, 3.05) is 0 Å². The first kappa shape index (κ1) is 28.4. The predicted octanol–water partition coefficient (Wildman–Crippen LogP) is 11.6. The average molecular weight is 643 g/mol. The monoisotopic (exact) mass is 642 g/mol. The number of hydrogen-bond acceptors (Lipinski definition) is 4. The molecule has 236 valence electrons. The maximum atomic E-state index is 6.12. The van der Waals surface area contributed by atoms with Crippen molar-refractivity contribution in [3.8, 4) is 33.9 Å². The lowest BCUT2D eigenvalue weighted by atomic mass is 10.0. The second kappa shape index (κ2) is 11.5. The molecule has 0 bridgehead atoms. The van der Waals surface area contributed by atoms with E-state index in [2.05, 4.69) is 114 Å². The van der Waals surface area contributed by atoms with Crippen molar-refractivity contribution in [3.63, 3.8) is 0 Å². The fourth-order valence-electron chi connectivity index (χ4n) is 7.32. The van der Waals surface area contributed by atoms with Crippen LogP contribution in [0.1, 0.15) is 18.7 Å². The van der Waals surface area contributed by atoms with Crippen molar-refractivity contribution in [2.24, 2.45) is 0 Å². The van der Waals surface area contributed by atoms with E-state index in [4.69, 9.17) is 19.4 Å². The molecule has 1 aliphatic rings. The molecule has 0 amide bonds. The van der Waals surface area contributed by atoms with Crippen LogP contribution in [0.4, 0.5) is 0 Å². The molecule has 0 saturated carbocycles. The van der Waals surface area contributed by atoms with Crippen molar-refractivity contribution in [3.05, 3.63) is 164 Å². The Hall–Kier alpha value is -6.59. The maximum Gasteiger partial charge on any atom is 0.164 e. The fourth-order valence-corrected chi connectivity index (χ4v) is 7.32. The van der Waals surface area contributed by atoms with E-state index in [1.165, 1.54) is 38.6 Å². The SMILES string of the molecule is C1=C(c2nc(-c3ccccc3)nc(-c3ccc4oc5ccccc5c4c3)n2)C=C(n2c3ccccc3c3ccc(-c4ccccc4)cc32)CC1. The molecule has 0 spiro atoms. The third kappa shape index (κ3) is 4.74. The van der Waals surface area contributed by atoms with Gasteiger partial charge in [0.1, 0.15) is 11.2 Å². The summed E-state index contributed by atoms with van der Waals surface area (Å²) in [5.41, 5.74) is 10.6. The van der Waals surface area contributed by atoms with Gasteiger partial charge in [-0.15, -0.1) is 0 Å². The molecule has 5 heteroatoms. The summed E-state index contributed by atoms with van der Waals surface area (Å²) in [5.74, 6) is 1.94. The van der Waals surface area contributed by atoms with Gasteiger partial charge in [0, 0.05) is 43.9 Å². The summed E-state index contributed by atoms with van der Waals surface area (Å²) in [5, 5.41) is 4.61. The van der Waals surface area contributed by atoms with Gasteiger partial charge in [-0.25, -0.2) is 15.0 Å². The van der Waals surface area contributed by atoms with E-state index in [1.54, 1.807) is 0 Å². The molecular formula is C45H30N4O. The summed E-state index contributed by atoms with van der Waals surface area (Å²) < 4.78 is 8.56. The third-order valence-electron chi connectivity index (χ3n) is 9.72. The quantitative estimate of drug-likeness (QED) is 0.187. The first-order valence-corrected chi connectivity index (χ1v) is 17.0. The van der Waals surface area contributed by atoms with E-state index in [0.29, 0.717) is 17.5 Å². The number of rotatable bonds is 5. The van der Waals surface area contributed by atoms with Crippen molar-refractivity contribution in [2.45, 2.75) is 12.8 Å². The van der Waals surface area contributed by atoms with Crippen LogP contribution >= 0.6 is 0 Å². The minimum atomic E-state index is 0.631. The predicted molar refractivity (Wildman–Crippen MR) is 204 cm³/mol. The molecule has 0 aliphatic heterocycles. The molecule has 9 aromatic rings. The van der Waals surface area contributed by atoms with Crippen molar-refractivity contribution >= 4 is 55.0 Å². The summed E-state index contributed by atoms with van der Waals surface area (Å²) in [7, 11) is 0. The minimum absolute atomic E-state index is 0.631. The normalized spacial score (nSPS) is 13.3. The molecule has 0 saturated heterocycles. The van der Waals surface area contributed by atoms with E-state index in [-0.39, 0.29) is 0 Å². The molecule has 6 aromatic carbocycles. The number of hydrogen-bond donors (Lipinski definition) is 0. The molecule has 0 atom stereocenters. The van der Waals surface area contributed by atoms with Crippen LogP contribution in [0.2, 0.25) is 0 Å². The van der Waals surface area contributed by atoms with Gasteiger partial charge in [-0.1, -0.05) is 115 Å². The van der Waals surface area contributed by atoms with Gasteiger partial charge >= 0.3 is 0 Å². The molecule has 0 N–H and O–H groups in total. The molecule has 10 rings (SSSR count). The second-order valence-corrected chi connectivity index (χ2v) is 12.8. The van der Waals surface area contributed by atoms with Crippen LogP contribution in [-0.4, -0.2) is 19.5 Å². The van der Waals surface area contributed by atoms with E-state index in [9.17, 15) is 0 Å². The smallest absolute Gasteiger partial charge is 0.164 e. The van der Waals surface area contributed by atoms with Crippen molar-refractivity contribution in [1.82, 2.24) is 19.5 Å². The average Bonchev–Trinajstić information content (AvgIpc) is 3.73. The van der Waals surface area contributed by atoms with Crippen LogP contribution in [0, 0.1) is 0 Å². The topological polar surface area (TPSA) is 56.7 Å². The largest absolute Gasteiger partial charge is 0.456 e. The van der Waals surface area contributed by atoms with Crippen LogP contribution in [0.3, 0.4) is 0 Å². The van der Waals surface area contributed by atoms with Gasteiger partial charge < -0.3 is 8.98 Å². The first-order chi connectivity index (χ1) is 24.8. The van der Waals surface area contributed by atoms with E-state index in [0.717, 1.165) is 51.5 Å². The zero-order valence-electron chi connectivity index (χ0n) is 27.1. The zero-order valence-corrected chi connectivity index (χ0v) is 27.1. The summed E-state index contributed by atoms with van der Waals surface area (Å²) in [6, 6.07) is 50.6. The van der Waals surface area contributed by atoms with Gasteiger partial charge in [0.25, 0.3) is 0 Å². The highest BCUT2D eigenvalue weighted by Crippen LogP contribution is 2.38. The number of allylic oxidation sites excluding steroid dienone is 4. The van der Waals surface area contributed by atoms with Crippen LogP contribution in [-0.2, 0) is 0 Å². The highest BCUT2D eigenvalue weighted by atomic mass is 16.3. The van der Waals surface area contributed by atoms with Crippen LogP contribution in [0.25, 0.3) is 88.9 Å². The number of benzene rings is 6. The Morgan fingerprint density at radius 3 is 1.94 bits per heavy atom.